The summed E-state index contributed by atoms with van der Waals surface area (Å²) in [5.74, 6) is -0.304. The molecule has 0 bridgehead atoms. The van der Waals surface area contributed by atoms with E-state index in [1.165, 1.54) is 18.7 Å². The van der Waals surface area contributed by atoms with Gasteiger partial charge < -0.3 is 15.8 Å². The van der Waals surface area contributed by atoms with E-state index in [2.05, 4.69) is 38.2 Å². The maximum Gasteiger partial charge on any atom is 0.167 e. The summed E-state index contributed by atoms with van der Waals surface area (Å²) in [5.41, 5.74) is 9.04. The van der Waals surface area contributed by atoms with Crippen LogP contribution in [0.4, 0.5) is 21.5 Å². The average molecular weight is 288 g/mol. The van der Waals surface area contributed by atoms with E-state index in [-0.39, 0.29) is 11.2 Å². The molecule has 0 fully saturated rings. The minimum Gasteiger partial charge on any atom is -0.494 e. The van der Waals surface area contributed by atoms with Crippen molar-refractivity contribution in [3.8, 4) is 5.75 Å². The zero-order chi connectivity index (χ0) is 15.6. The number of rotatable bonds is 3. The summed E-state index contributed by atoms with van der Waals surface area (Å²) in [6.45, 7) is 6.49. The topological polar surface area (TPSA) is 47.3 Å². The molecule has 2 aromatic carbocycles. The average Bonchev–Trinajstić information content (AvgIpc) is 2.41. The molecule has 0 aromatic heterocycles. The number of hydrogen-bond donors (Lipinski definition) is 2. The highest BCUT2D eigenvalue weighted by molar-refractivity contribution is 5.74. The van der Waals surface area contributed by atoms with E-state index in [9.17, 15) is 4.39 Å². The highest BCUT2D eigenvalue weighted by Crippen LogP contribution is 2.31. The lowest BCUT2D eigenvalue weighted by atomic mass is 9.87. The van der Waals surface area contributed by atoms with Crippen molar-refractivity contribution in [2.45, 2.75) is 26.2 Å². The van der Waals surface area contributed by atoms with E-state index in [4.69, 9.17) is 10.5 Å². The quantitative estimate of drug-likeness (QED) is 0.820. The number of ether oxygens (including phenoxy) is 1. The molecule has 21 heavy (non-hydrogen) atoms. The van der Waals surface area contributed by atoms with Crippen molar-refractivity contribution in [2.24, 2.45) is 0 Å². The molecule has 0 radical (unpaired) electrons. The van der Waals surface area contributed by atoms with Crippen LogP contribution in [0.25, 0.3) is 0 Å². The Hall–Kier alpha value is -2.23. The van der Waals surface area contributed by atoms with Crippen LogP contribution in [-0.2, 0) is 5.41 Å². The van der Waals surface area contributed by atoms with Crippen molar-refractivity contribution in [2.75, 3.05) is 18.2 Å². The fourth-order valence-corrected chi connectivity index (χ4v) is 2.04. The van der Waals surface area contributed by atoms with Crippen molar-refractivity contribution in [1.82, 2.24) is 0 Å². The Morgan fingerprint density at radius 3 is 2.24 bits per heavy atom. The molecule has 0 atom stereocenters. The zero-order valence-electron chi connectivity index (χ0n) is 12.8. The smallest absolute Gasteiger partial charge is 0.167 e. The Morgan fingerprint density at radius 1 is 1.10 bits per heavy atom. The minimum absolute atomic E-state index is 0.108. The monoisotopic (exact) mass is 288 g/mol. The minimum atomic E-state index is -0.469. The highest BCUT2D eigenvalue weighted by atomic mass is 19.1. The molecule has 0 aliphatic heterocycles. The highest BCUT2D eigenvalue weighted by Gasteiger charge is 2.13. The second kappa shape index (κ2) is 5.64. The summed E-state index contributed by atoms with van der Waals surface area (Å²) in [4.78, 5) is 0. The second-order valence-electron chi connectivity index (χ2n) is 6.03. The van der Waals surface area contributed by atoms with Crippen LogP contribution in [0.2, 0.25) is 0 Å². The lowest BCUT2D eigenvalue weighted by Gasteiger charge is -2.19. The summed E-state index contributed by atoms with van der Waals surface area (Å²) in [5, 5.41) is 3.18. The SMILES string of the molecule is COc1cc(Nc2ccc(C(C)(C)C)cc2)c(N)cc1F. The number of methoxy groups -OCH3 is 1. The summed E-state index contributed by atoms with van der Waals surface area (Å²) >= 11 is 0. The van der Waals surface area contributed by atoms with Crippen molar-refractivity contribution in [3.63, 3.8) is 0 Å². The van der Waals surface area contributed by atoms with Crippen LogP contribution in [0.1, 0.15) is 26.3 Å². The van der Waals surface area contributed by atoms with Crippen LogP contribution in [-0.4, -0.2) is 7.11 Å². The van der Waals surface area contributed by atoms with Gasteiger partial charge in [-0.05, 0) is 23.1 Å². The Morgan fingerprint density at radius 2 is 1.71 bits per heavy atom. The molecular formula is C17H21FN2O. The Kier molecular flexibility index (Phi) is 4.07. The molecule has 0 spiro atoms. The third kappa shape index (κ3) is 3.45. The van der Waals surface area contributed by atoms with E-state index in [1.807, 2.05) is 12.1 Å². The molecule has 0 heterocycles. The number of anilines is 3. The van der Waals surface area contributed by atoms with Crippen molar-refractivity contribution >= 4 is 17.1 Å². The van der Waals surface area contributed by atoms with Gasteiger partial charge in [0.2, 0.25) is 0 Å². The molecule has 3 N–H and O–H groups in total. The van der Waals surface area contributed by atoms with Gasteiger partial charge in [0.15, 0.2) is 11.6 Å². The Labute approximate surface area is 124 Å². The Balaban J connectivity index is 2.26. The van der Waals surface area contributed by atoms with Crippen LogP contribution >= 0.6 is 0 Å². The van der Waals surface area contributed by atoms with E-state index >= 15 is 0 Å². The summed E-state index contributed by atoms with van der Waals surface area (Å²) < 4.78 is 18.5. The van der Waals surface area contributed by atoms with E-state index in [0.29, 0.717) is 11.4 Å². The molecule has 0 aliphatic carbocycles. The van der Waals surface area contributed by atoms with Crippen LogP contribution in [0.3, 0.4) is 0 Å². The van der Waals surface area contributed by atoms with Crippen molar-refractivity contribution in [1.29, 1.82) is 0 Å². The number of nitrogens with two attached hydrogens (primary N) is 1. The maximum absolute atomic E-state index is 13.5. The van der Waals surface area contributed by atoms with Gasteiger partial charge in [-0.2, -0.15) is 0 Å². The maximum atomic E-state index is 13.5. The zero-order valence-corrected chi connectivity index (χ0v) is 12.8. The molecule has 2 rings (SSSR count). The van der Waals surface area contributed by atoms with Crippen LogP contribution in [0, 0.1) is 5.82 Å². The molecule has 0 unspecified atom stereocenters. The molecule has 112 valence electrons. The first-order valence-electron chi connectivity index (χ1n) is 6.82. The first kappa shape index (κ1) is 15.2. The predicted octanol–water partition coefficient (Wildman–Crippen LogP) is 4.46. The molecule has 0 saturated carbocycles. The lowest BCUT2D eigenvalue weighted by Crippen LogP contribution is -2.10. The number of nitrogen functional groups attached to an aromatic ring is 1. The number of benzene rings is 2. The second-order valence-corrected chi connectivity index (χ2v) is 6.03. The number of halogens is 1. The molecule has 0 aliphatic rings. The van der Waals surface area contributed by atoms with Gasteiger partial charge in [-0.15, -0.1) is 0 Å². The van der Waals surface area contributed by atoms with Gasteiger partial charge in [0.25, 0.3) is 0 Å². The van der Waals surface area contributed by atoms with E-state index < -0.39 is 5.82 Å². The van der Waals surface area contributed by atoms with Gasteiger partial charge in [-0.3, -0.25) is 0 Å². The standard InChI is InChI=1S/C17H21FN2O/c1-17(2,3)11-5-7-12(8-6-11)20-15-10-16(21-4)13(18)9-14(15)19/h5-10,20H,19H2,1-4H3. The molecular weight excluding hydrogens is 267 g/mol. The molecule has 3 nitrogen and oxygen atoms in total. The molecule has 0 saturated heterocycles. The fraction of sp³-hybridized carbons (Fsp3) is 0.294. The van der Waals surface area contributed by atoms with Crippen molar-refractivity contribution < 1.29 is 9.13 Å². The number of nitrogens with one attached hydrogen (secondary N) is 1. The molecule has 2 aromatic rings. The Bertz CT molecular complexity index is 630. The van der Waals surface area contributed by atoms with E-state index in [0.717, 1.165) is 5.69 Å². The molecule has 4 heteroatoms. The van der Waals surface area contributed by atoms with Gasteiger partial charge in [0.05, 0.1) is 18.5 Å². The van der Waals surface area contributed by atoms with Crippen molar-refractivity contribution in [3.05, 3.63) is 47.8 Å². The lowest BCUT2D eigenvalue weighted by molar-refractivity contribution is 0.387. The van der Waals surface area contributed by atoms with Crippen LogP contribution < -0.4 is 15.8 Å². The third-order valence-corrected chi connectivity index (χ3v) is 3.35. The van der Waals surface area contributed by atoms with Crippen LogP contribution in [0.15, 0.2) is 36.4 Å². The van der Waals surface area contributed by atoms with Gasteiger partial charge in [-0.25, -0.2) is 4.39 Å². The van der Waals surface area contributed by atoms with Crippen LogP contribution in [0.5, 0.6) is 5.75 Å². The first-order valence-corrected chi connectivity index (χ1v) is 6.82. The number of hydrogen-bond acceptors (Lipinski definition) is 3. The summed E-state index contributed by atoms with van der Waals surface area (Å²) in [7, 11) is 1.43. The van der Waals surface area contributed by atoms with Gasteiger partial charge in [0.1, 0.15) is 0 Å². The predicted molar refractivity (Wildman–Crippen MR) is 85.8 cm³/mol. The van der Waals surface area contributed by atoms with Gasteiger partial charge in [0, 0.05) is 17.8 Å². The summed E-state index contributed by atoms with van der Waals surface area (Å²) in [6, 6.07) is 10.9. The molecule has 0 amide bonds. The van der Waals surface area contributed by atoms with E-state index in [1.54, 1.807) is 6.07 Å². The van der Waals surface area contributed by atoms with Gasteiger partial charge >= 0.3 is 0 Å². The normalized spacial score (nSPS) is 11.3. The first-order chi connectivity index (χ1) is 9.81. The van der Waals surface area contributed by atoms with Gasteiger partial charge in [-0.1, -0.05) is 32.9 Å². The largest absolute Gasteiger partial charge is 0.494 e. The fourth-order valence-electron chi connectivity index (χ4n) is 2.04. The summed E-state index contributed by atoms with van der Waals surface area (Å²) in [6.07, 6.45) is 0. The third-order valence-electron chi connectivity index (χ3n) is 3.35.